The molecule has 0 spiro atoms. The molecule has 1 aliphatic carbocycles. The van der Waals surface area contributed by atoms with Crippen molar-refractivity contribution in [2.24, 2.45) is 0 Å². The largest absolute Gasteiger partial charge is 0.439 e. The first-order valence-electron chi connectivity index (χ1n) is 6.08. The van der Waals surface area contributed by atoms with Crippen molar-refractivity contribution in [1.29, 1.82) is 0 Å². The number of pyridine rings is 1. The highest BCUT2D eigenvalue weighted by Crippen LogP contribution is 2.28. The molecule has 2 heterocycles. The van der Waals surface area contributed by atoms with Gasteiger partial charge in [0.05, 0.1) is 5.69 Å². The molecule has 1 saturated carbocycles. The highest BCUT2D eigenvalue weighted by atomic mass is 32.2. The average molecular weight is 261 g/mol. The van der Waals surface area contributed by atoms with Crippen LogP contribution in [0.3, 0.4) is 0 Å². The van der Waals surface area contributed by atoms with Crippen LogP contribution < -0.4 is 5.32 Å². The molecule has 2 aromatic heterocycles. The molecule has 0 bridgehead atoms. The quantitative estimate of drug-likeness (QED) is 0.897. The summed E-state index contributed by atoms with van der Waals surface area (Å²) in [4.78, 5) is 8.70. The molecule has 4 nitrogen and oxygen atoms in total. The van der Waals surface area contributed by atoms with Gasteiger partial charge in [0.2, 0.25) is 0 Å². The first-order chi connectivity index (χ1) is 8.81. The number of hydrogen-bond donors (Lipinski definition) is 1. The zero-order valence-electron chi connectivity index (χ0n) is 10.2. The zero-order chi connectivity index (χ0) is 12.4. The second kappa shape index (κ2) is 5.12. The molecule has 0 aromatic carbocycles. The minimum absolute atomic E-state index is 0.652. The molecule has 0 atom stereocenters. The molecule has 1 fully saturated rings. The Morgan fingerprint density at radius 1 is 1.50 bits per heavy atom. The Balaban J connectivity index is 1.73. The summed E-state index contributed by atoms with van der Waals surface area (Å²) in [5.74, 6) is 0. The molecular formula is C13H15N3OS. The fraction of sp³-hybridized carbons (Fsp3) is 0.385. The lowest BCUT2D eigenvalue weighted by molar-refractivity contribution is 0.453. The fourth-order valence-electron chi connectivity index (χ4n) is 1.65. The zero-order valence-corrected chi connectivity index (χ0v) is 11.0. The van der Waals surface area contributed by atoms with Crippen molar-refractivity contribution in [3.8, 4) is 0 Å². The third-order valence-corrected chi connectivity index (χ3v) is 3.71. The number of aryl methyl sites for hydroxylation is 1. The van der Waals surface area contributed by atoms with E-state index in [4.69, 9.17) is 4.42 Å². The van der Waals surface area contributed by atoms with E-state index in [1.54, 1.807) is 12.5 Å². The molecule has 3 rings (SSSR count). The van der Waals surface area contributed by atoms with Gasteiger partial charge in [-0.25, -0.2) is 9.97 Å². The van der Waals surface area contributed by atoms with Crippen LogP contribution in [0.15, 0.2) is 39.3 Å². The van der Waals surface area contributed by atoms with Gasteiger partial charge in [0.15, 0.2) is 0 Å². The van der Waals surface area contributed by atoms with E-state index < -0.39 is 0 Å². The maximum atomic E-state index is 5.35. The first-order valence-corrected chi connectivity index (χ1v) is 6.90. The Morgan fingerprint density at radius 3 is 3.11 bits per heavy atom. The summed E-state index contributed by atoms with van der Waals surface area (Å²) in [7, 11) is 0. The maximum Gasteiger partial charge on any atom is 0.262 e. The van der Waals surface area contributed by atoms with Crippen LogP contribution in [0.4, 0.5) is 0 Å². The van der Waals surface area contributed by atoms with Crippen molar-refractivity contribution in [2.45, 2.75) is 42.6 Å². The molecule has 1 N–H and O–H groups in total. The lowest BCUT2D eigenvalue weighted by Gasteiger charge is -2.06. The van der Waals surface area contributed by atoms with Crippen molar-refractivity contribution >= 4 is 11.8 Å². The van der Waals surface area contributed by atoms with Gasteiger partial charge in [-0.3, -0.25) is 0 Å². The minimum atomic E-state index is 0.652. The van der Waals surface area contributed by atoms with Gasteiger partial charge in [0.25, 0.3) is 5.22 Å². The van der Waals surface area contributed by atoms with Gasteiger partial charge < -0.3 is 9.73 Å². The second-order valence-corrected chi connectivity index (χ2v) is 5.42. The normalized spacial score (nSPS) is 14.9. The number of hydrogen-bond acceptors (Lipinski definition) is 5. The Labute approximate surface area is 110 Å². The highest BCUT2D eigenvalue weighted by molar-refractivity contribution is 7.99. The van der Waals surface area contributed by atoms with Gasteiger partial charge in [0.1, 0.15) is 11.3 Å². The van der Waals surface area contributed by atoms with E-state index in [9.17, 15) is 0 Å². The number of rotatable bonds is 5. The SMILES string of the molecule is Cc1coc(Sc2ncccc2CNC2CC2)n1. The number of nitrogens with zero attached hydrogens (tertiary/aromatic N) is 2. The van der Waals surface area contributed by atoms with Gasteiger partial charge in [-0.1, -0.05) is 6.07 Å². The van der Waals surface area contributed by atoms with Crippen LogP contribution in [0.1, 0.15) is 24.1 Å². The Hall–Kier alpha value is -1.33. The van der Waals surface area contributed by atoms with Crippen molar-refractivity contribution in [2.75, 3.05) is 0 Å². The van der Waals surface area contributed by atoms with Crippen LogP contribution in [0.5, 0.6) is 0 Å². The van der Waals surface area contributed by atoms with Crippen LogP contribution in [0.25, 0.3) is 0 Å². The summed E-state index contributed by atoms with van der Waals surface area (Å²) in [6.45, 7) is 2.78. The van der Waals surface area contributed by atoms with Crippen LogP contribution in [-0.2, 0) is 6.54 Å². The predicted octanol–water partition coefficient (Wildman–Crippen LogP) is 2.78. The number of nitrogens with one attached hydrogen (secondary N) is 1. The van der Waals surface area contributed by atoms with Gasteiger partial charge in [-0.05, 0) is 43.2 Å². The van der Waals surface area contributed by atoms with E-state index in [2.05, 4.69) is 21.4 Å². The monoisotopic (exact) mass is 261 g/mol. The highest BCUT2D eigenvalue weighted by Gasteiger charge is 2.20. The topological polar surface area (TPSA) is 51.0 Å². The van der Waals surface area contributed by atoms with E-state index >= 15 is 0 Å². The maximum absolute atomic E-state index is 5.35. The molecule has 0 unspecified atom stereocenters. The summed E-state index contributed by atoms with van der Waals surface area (Å²) >= 11 is 1.48. The first kappa shape index (κ1) is 11.7. The molecule has 5 heteroatoms. The minimum Gasteiger partial charge on any atom is -0.439 e. The standard InChI is InChI=1S/C13H15N3OS/c1-9-8-17-13(16-9)18-12-10(3-2-6-14-12)7-15-11-4-5-11/h2-3,6,8,11,15H,4-5,7H2,1H3. The van der Waals surface area contributed by atoms with E-state index in [-0.39, 0.29) is 0 Å². The van der Waals surface area contributed by atoms with E-state index in [1.807, 2.05) is 13.0 Å². The van der Waals surface area contributed by atoms with Crippen LogP contribution in [-0.4, -0.2) is 16.0 Å². The van der Waals surface area contributed by atoms with Crippen molar-refractivity contribution < 1.29 is 4.42 Å². The van der Waals surface area contributed by atoms with Crippen LogP contribution >= 0.6 is 11.8 Å². The molecule has 0 amide bonds. The van der Waals surface area contributed by atoms with Crippen LogP contribution in [0.2, 0.25) is 0 Å². The predicted molar refractivity (Wildman–Crippen MR) is 69.5 cm³/mol. The van der Waals surface area contributed by atoms with Gasteiger partial charge in [0, 0.05) is 18.8 Å². The van der Waals surface area contributed by atoms with Gasteiger partial charge >= 0.3 is 0 Å². The van der Waals surface area contributed by atoms with Crippen molar-refractivity contribution in [3.63, 3.8) is 0 Å². The molecule has 18 heavy (non-hydrogen) atoms. The van der Waals surface area contributed by atoms with E-state index in [1.165, 1.54) is 30.2 Å². The number of oxazole rings is 1. The molecule has 0 saturated heterocycles. The summed E-state index contributed by atoms with van der Waals surface area (Å²) in [5.41, 5.74) is 2.09. The fourth-order valence-corrected chi connectivity index (χ4v) is 2.49. The van der Waals surface area contributed by atoms with Crippen molar-refractivity contribution in [3.05, 3.63) is 35.9 Å². The molecule has 1 aliphatic rings. The van der Waals surface area contributed by atoms with E-state index in [0.29, 0.717) is 11.3 Å². The third kappa shape index (κ3) is 2.91. The van der Waals surface area contributed by atoms with Crippen molar-refractivity contribution in [1.82, 2.24) is 15.3 Å². The van der Waals surface area contributed by atoms with Gasteiger partial charge in [-0.15, -0.1) is 0 Å². The lowest BCUT2D eigenvalue weighted by atomic mass is 10.3. The Morgan fingerprint density at radius 2 is 2.39 bits per heavy atom. The van der Waals surface area contributed by atoms with Crippen LogP contribution in [0, 0.1) is 6.92 Å². The lowest BCUT2D eigenvalue weighted by Crippen LogP contribution is -2.16. The molecule has 94 valence electrons. The molecule has 0 aliphatic heterocycles. The third-order valence-electron chi connectivity index (χ3n) is 2.79. The molecule has 0 radical (unpaired) electrons. The second-order valence-electron chi connectivity index (χ2n) is 4.48. The summed E-state index contributed by atoms with van der Waals surface area (Å²) in [5, 5.41) is 5.12. The summed E-state index contributed by atoms with van der Waals surface area (Å²) < 4.78 is 5.35. The summed E-state index contributed by atoms with van der Waals surface area (Å²) in [6, 6.07) is 4.77. The number of aromatic nitrogens is 2. The average Bonchev–Trinajstić information content (AvgIpc) is 3.12. The van der Waals surface area contributed by atoms with Gasteiger partial charge in [-0.2, -0.15) is 0 Å². The Bertz CT molecular complexity index is 537. The smallest absolute Gasteiger partial charge is 0.262 e. The Kier molecular flexibility index (Phi) is 3.34. The van der Waals surface area contributed by atoms with E-state index in [0.717, 1.165) is 17.3 Å². The molecule has 2 aromatic rings. The molecular weight excluding hydrogens is 246 g/mol. The summed E-state index contributed by atoms with van der Waals surface area (Å²) in [6.07, 6.45) is 6.05.